The summed E-state index contributed by atoms with van der Waals surface area (Å²) >= 11 is 5.73. The number of ether oxygens (including phenoxy) is 1. The van der Waals surface area contributed by atoms with E-state index in [-0.39, 0.29) is 10.9 Å². The van der Waals surface area contributed by atoms with Crippen molar-refractivity contribution < 1.29 is 18.3 Å². The summed E-state index contributed by atoms with van der Waals surface area (Å²) in [4.78, 5) is 12.3. The zero-order chi connectivity index (χ0) is 18.8. The number of carbonyl (C=O) groups is 1. The molecule has 0 unspecified atom stereocenters. The predicted octanol–water partition coefficient (Wildman–Crippen LogP) is 5.58. The summed E-state index contributed by atoms with van der Waals surface area (Å²) < 4.78 is 24.1. The number of anilines is 1. The van der Waals surface area contributed by atoms with Gasteiger partial charge in [0.15, 0.2) is 0 Å². The number of aryl methyl sites for hydroxylation is 1. The standard InChI is InChI=1S/C20H17ClFNO3/c1-11(6-20(24)23-13-4-5-17(22)16(21)7-13)14-8-15-12(2)10-26-19(15)9-18(14)25-3/h4-10H,1-3H3,(H,23,24)/b11-6+. The first-order chi connectivity index (χ1) is 12.4. The van der Waals surface area contributed by atoms with Crippen molar-refractivity contribution in [2.45, 2.75) is 13.8 Å². The molecule has 4 nitrogen and oxygen atoms in total. The fourth-order valence-corrected chi connectivity index (χ4v) is 2.87. The minimum atomic E-state index is -0.537. The maximum atomic E-state index is 13.2. The Balaban J connectivity index is 1.90. The molecule has 0 bridgehead atoms. The maximum absolute atomic E-state index is 13.2. The van der Waals surface area contributed by atoms with Crippen molar-refractivity contribution in [1.29, 1.82) is 0 Å². The van der Waals surface area contributed by atoms with Crippen LogP contribution < -0.4 is 10.1 Å². The molecule has 0 aliphatic carbocycles. The Morgan fingerprint density at radius 2 is 2.08 bits per heavy atom. The molecule has 0 radical (unpaired) electrons. The minimum Gasteiger partial charge on any atom is -0.496 e. The molecule has 1 heterocycles. The van der Waals surface area contributed by atoms with Gasteiger partial charge in [0.1, 0.15) is 17.1 Å². The molecule has 6 heteroatoms. The highest BCUT2D eigenvalue weighted by Crippen LogP contribution is 2.33. The Morgan fingerprint density at radius 3 is 2.77 bits per heavy atom. The predicted molar refractivity (Wildman–Crippen MR) is 101 cm³/mol. The van der Waals surface area contributed by atoms with E-state index in [1.807, 2.05) is 19.9 Å². The molecular weight excluding hydrogens is 357 g/mol. The molecule has 0 aliphatic heterocycles. The lowest BCUT2D eigenvalue weighted by Crippen LogP contribution is -2.08. The minimum absolute atomic E-state index is 0.0499. The van der Waals surface area contributed by atoms with E-state index in [9.17, 15) is 9.18 Å². The number of nitrogens with one attached hydrogen (secondary N) is 1. The van der Waals surface area contributed by atoms with Gasteiger partial charge in [0.05, 0.1) is 18.4 Å². The smallest absolute Gasteiger partial charge is 0.248 e. The van der Waals surface area contributed by atoms with E-state index >= 15 is 0 Å². The van der Waals surface area contributed by atoms with Gasteiger partial charge in [-0.2, -0.15) is 0 Å². The van der Waals surface area contributed by atoms with Gasteiger partial charge >= 0.3 is 0 Å². The van der Waals surface area contributed by atoms with E-state index in [1.165, 1.54) is 24.3 Å². The lowest BCUT2D eigenvalue weighted by Gasteiger charge is -2.10. The van der Waals surface area contributed by atoms with Crippen LogP contribution >= 0.6 is 11.6 Å². The number of fused-ring (bicyclic) bond motifs is 1. The van der Waals surface area contributed by atoms with Gasteiger partial charge in [-0.15, -0.1) is 0 Å². The van der Waals surface area contributed by atoms with Crippen molar-refractivity contribution in [2.24, 2.45) is 0 Å². The molecule has 0 spiro atoms. The van der Waals surface area contributed by atoms with Gasteiger partial charge < -0.3 is 14.5 Å². The fourth-order valence-electron chi connectivity index (χ4n) is 2.69. The first kappa shape index (κ1) is 18.0. The van der Waals surface area contributed by atoms with Crippen LogP contribution in [0.4, 0.5) is 10.1 Å². The van der Waals surface area contributed by atoms with E-state index in [2.05, 4.69) is 5.32 Å². The number of carbonyl (C=O) groups excluding carboxylic acids is 1. The highest BCUT2D eigenvalue weighted by molar-refractivity contribution is 6.31. The number of rotatable bonds is 4. The Labute approximate surface area is 155 Å². The molecule has 134 valence electrons. The van der Waals surface area contributed by atoms with Crippen LogP contribution in [0.15, 0.2) is 47.1 Å². The van der Waals surface area contributed by atoms with Crippen molar-refractivity contribution >= 4 is 39.7 Å². The molecule has 3 rings (SSSR count). The summed E-state index contributed by atoms with van der Waals surface area (Å²) in [5, 5.41) is 3.57. The molecule has 1 N–H and O–H groups in total. The first-order valence-corrected chi connectivity index (χ1v) is 8.27. The van der Waals surface area contributed by atoms with Crippen molar-refractivity contribution in [2.75, 3.05) is 12.4 Å². The number of benzene rings is 2. The number of hydrogen-bond acceptors (Lipinski definition) is 3. The summed E-state index contributed by atoms with van der Waals surface area (Å²) in [6.07, 6.45) is 3.13. The lowest BCUT2D eigenvalue weighted by molar-refractivity contribution is -0.111. The van der Waals surface area contributed by atoms with Crippen molar-refractivity contribution in [3.8, 4) is 5.75 Å². The third-order valence-electron chi connectivity index (χ3n) is 4.05. The fraction of sp³-hybridized carbons (Fsp3) is 0.150. The van der Waals surface area contributed by atoms with Gasteiger partial charge in [0.2, 0.25) is 5.91 Å². The Hall–Kier alpha value is -2.79. The Bertz CT molecular complexity index is 1020. The second-order valence-corrected chi connectivity index (χ2v) is 6.32. The monoisotopic (exact) mass is 373 g/mol. The maximum Gasteiger partial charge on any atom is 0.248 e. The van der Waals surface area contributed by atoms with Crippen LogP contribution in [0.5, 0.6) is 5.75 Å². The summed E-state index contributed by atoms with van der Waals surface area (Å²) in [7, 11) is 1.56. The topological polar surface area (TPSA) is 51.5 Å². The lowest BCUT2D eigenvalue weighted by atomic mass is 10.0. The molecule has 0 saturated heterocycles. The zero-order valence-electron chi connectivity index (χ0n) is 14.5. The van der Waals surface area contributed by atoms with Gasteiger partial charge in [0.25, 0.3) is 0 Å². The van der Waals surface area contributed by atoms with E-state index in [4.69, 9.17) is 20.8 Å². The normalized spacial score (nSPS) is 11.7. The van der Waals surface area contributed by atoms with Crippen LogP contribution in [-0.4, -0.2) is 13.0 Å². The van der Waals surface area contributed by atoms with Gasteiger partial charge in [-0.1, -0.05) is 11.6 Å². The largest absolute Gasteiger partial charge is 0.496 e. The molecule has 1 aromatic heterocycles. The highest BCUT2D eigenvalue weighted by Gasteiger charge is 2.12. The first-order valence-electron chi connectivity index (χ1n) is 7.89. The van der Waals surface area contributed by atoms with Gasteiger partial charge in [0, 0.05) is 28.8 Å². The number of hydrogen-bond donors (Lipinski definition) is 1. The van der Waals surface area contributed by atoms with Gasteiger partial charge in [-0.3, -0.25) is 4.79 Å². The number of methoxy groups -OCH3 is 1. The second-order valence-electron chi connectivity index (χ2n) is 5.91. The Morgan fingerprint density at radius 1 is 1.31 bits per heavy atom. The third kappa shape index (κ3) is 3.58. The van der Waals surface area contributed by atoms with Crippen LogP contribution in [0.25, 0.3) is 16.5 Å². The second kappa shape index (κ2) is 7.22. The molecule has 3 aromatic rings. The SMILES string of the molecule is COc1cc2occ(C)c2cc1/C(C)=C/C(=O)Nc1ccc(F)c(Cl)c1. The zero-order valence-corrected chi connectivity index (χ0v) is 15.3. The third-order valence-corrected chi connectivity index (χ3v) is 4.34. The van der Waals surface area contributed by atoms with Crippen LogP contribution in [0.3, 0.4) is 0 Å². The van der Waals surface area contributed by atoms with Crippen LogP contribution in [0.1, 0.15) is 18.1 Å². The summed E-state index contributed by atoms with van der Waals surface area (Å²) in [5.41, 5.74) is 3.65. The molecule has 0 atom stereocenters. The molecule has 0 fully saturated rings. The van der Waals surface area contributed by atoms with Crippen LogP contribution in [0.2, 0.25) is 5.02 Å². The van der Waals surface area contributed by atoms with E-state index in [0.717, 1.165) is 27.7 Å². The number of allylic oxidation sites excluding steroid dienone is 1. The summed E-state index contributed by atoms with van der Waals surface area (Å²) in [6, 6.07) is 7.74. The molecule has 0 aliphatic rings. The molecular formula is C20H17ClFNO3. The summed E-state index contributed by atoms with van der Waals surface area (Å²) in [6.45, 7) is 3.77. The molecule has 0 saturated carbocycles. The quantitative estimate of drug-likeness (QED) is 0.607. The number of amides is 1. The van der Waals surface area contributed by atoms with E-state index in [0.29, 0.717) is 11.4 Å². The average Bonchev–Trinajstić information content (AvgIpc) is 2.97. The van der Waals surface area contributed by atoms with Crippen molar-refractivity contribution in [3.63, 3.8) is 0 Å². The van der Waals surface area contributed by atoms with Crippen LogP contribution in [0, 0.1) is 12.7 Å². The van der Waals surface area contributed by atoms with Gasteiger partial charge in [-0.05, 0) is 49.2 Å². The van der Waals surface area contributed by atoms with Gasteiger partial charge in [-0.25, -0.2) is 4.39 Å². The average molecular weight is 374 g/mol. The summed E-state index contributed by atoms with van der Waals surface area (Å²) in [5.74, 6) is -0.278. The highest BCUT2D eigenvalue weighted by atomic mass is 35.5. The van der Waals surface area contributed by atoms with Crippen molar-refractivity contribution in [1.82, 2.24) is 0 Å². The Kier molecular flexibility index (Phi) is 5.00. The number of halogens is 2. The molecule has 2 aromatic carbocycles. The van der Waals surface area contributed by atoms with Crippen LogP contribution in [-0.2, 0) is 4.79 Å². The van der Waals surface area contributed by atoms with E-state index in [1.54, 1.807) is 19.4 Å². The molecule has 26 heavy (non-hydrogen) atoms. The number of furan rings is 1. The van der Waals surface area contributed by atoms with Crippen molar-refractivity contribution in [3.05, 3.63) is 64.6 Å². The molecule has 1 amide bonds. The van der Waals surface area contributed by atoms with E-state index < -0.39 is 5.82 Å².